The Balaban J connectivity index is 1.68. The van der Waals surface area contributed by atoms with E-state index >= 15 is 0 Å². The molecule has 0 saturated heterocycles. The van der Waals surface area contributed by atoms with Gasteiger partial charge in [-0.15, -0.1) is 0 Å². The van der Waals surface area contributed by atoms with Gasteiger partial charge in [0.25, 0.3) is 5.82 Å². The van der Waals surface area contributed by atoms with Crippen molar-refractivity contribution in [1.29, 1.82) is 0 Å². The molecule has 2 heterocycles. The second-order valence-electron chi connectivity index (χ2n) is 7.18. The number of ketones is 1. The lowest BCUT2D eigenvalue weighted by atomic mass is 10.1. The molecule has 0 N–H and O–H groups in total. The Kier molecular flexibility index (Phi) is 5.24. The molecule has 4 rings (SSSR count). The standard InChI is InChI=1S/C23H24FN2O2/c1-28-20-12-8-18(9-13-20)22(27)16-25-15-21(17-6-10-19(24)11-7-17)26-14-4-2-3-5-23(25)26/h6-13,15H,2-5,14,16H2,1H3/q+1. The molecular weight excluding hydrogens is 355 g/mol. The van der Waals surface area contributed by atoms with E-state index in [0.29, 0.717) is 12.1 Å². The van der Waals surface area contributed by atoms with Crippen LogP contribution < -0.4 is 9.30 Å². The predicted molar refractivity (Wildman–Crippen MR) is 105 cm³/mol. The van der Waals surface area contributed by atoms with Crippen molar-refractivity contribution < 1.29 is 18.5 Å². The number of aromatic nitrogens is 2. The number of rotatable bonds is 5. The van der Waals surface area contributed by atoms with Crippen molar-refractivity contribution in [3.8, 4) is 17.0 Å². The first-order valence-electron chi connectivity index (χ1n) is 9.71. The Labute approximate surface area is 164 Å². The summed E-state index contributed by atoms with van der Waals surface area (Å²) in [6, 6.07) is 13.8. The maximum absolute atomic E-state index is 13.4. The number of hydrogen-bond donors (Lipinski definition) is 0. The maximum Gasteiger partial charge on any atom is 0.257 e. The fourth-order valence-corrected chi connectivity index (χ4v) is 3.85. The van der Waals surface area contributed by atoms with Crippen molar-refractivity contribution in [3.63, 3.8) is 0 Å². The van der Waals surface area contributed by atoms with Gasteiger partial charge in [-0.05, 0) is 67.8 Å². The monoisotopic (exact) mass is 379 g/mol. The molecule has 0 saturated carbocycles. The Bertz CT molecular complexity index is 975. The summed E-state index contributed by atoms with van der Waals surface area (Å²) in [5.41, 5.74) is 2.69. The van der Waals surface area contributed by atoms with Crippen molar-refractivity contribution in [1.82, 2.24) is 4.57 Å². The van der Waals surface area contributed by atoms with Crippen LogP contribution in [-0.2, 0) is 19.5 Å². The molecule has 0 atom stereocenters. The largest absolute Gasteiger partial charge is 0.497 e. The Morgan fingerprint density at radius 3 is 2.54 bits per heavy atom. The molecule has 2 aromatic carbocycles. The summed E-state index contributed by atoms with van der Waals surface area (Å²) in [5.74, 6) is 1.73. The lowest BCUT2D eigenvalue weighted by molar-refractivity contribution is -0.690. The van der Waals surface area contributed by atoms with E-state index in [-0.39, 0.29) is 11.6 Å². The van der Waals surface area contributed by atoms with Crippen LogP contribution in [0.25, 0.3) is 11.3 Å². The summed E-state index contributed by atoms with van der Waals surface area (Å²) >= 11 is 0. The van der Waals surface area contributed by atoms with Gasteiger partial charge in [0.05, 0.1) is 13.7 Å². The van der Waals surface area contributed by atoms with Gasteiger partial charge < -0.3 is 4.74 Å². The smallest absolute Gasteiger partial charge is 0.257 e. The van der Waals surface area contributed by atoms with Crippen LogP contribution in [0.1, 0.15) is 35.4 Å². The lowest BCUT2D eigenvalue weighted by Gasteiger charge is -2.04. The first kappa shape index (κ1) is 18.4. The third kappa shape index (κ3) is 3.70. The normalized spacial score (nSPS) is 13.6. The van der Waals surface area contributed by atoms with Gasteiger partial charge in [-0.2, -0.15) is 0 Å². The fourth-order valence-electron chi connectivity index (χ4n) is 3.85. The zero-order valence-electron chi connectivity index (χ0n) is 16.0. The SMILES string of the molecule is COc1ccc(C(=O)C[n+]2cc(-c3ccc(F)cc3)n3c2CCCCC3)cc1. The molecule has 0 amide bonds. The molecule has 1 aliphatic rings. The topological polar surface area (TPSA) is 35.1 Å². The molecule has 4 nitrogen and oxygen atoms in total. The number of Topliss-reactive ketones (excluding diaryl/α,β-unsaturated/α-hetero) is 1. The molecule has 5 heteroatoms. The number of fused-ring (bicyclic) bond motifs is 1. The van der Waals surface area contributed by atoms with Crippen LogP contribution >= 0.6 is 0 Å². The molecule has 0 fully saturated rings. The average molecular weight is 379 g/mol. The molecule has 0 spiro atoms. The van der Waals surface area contributed by atoms with Crippen LogP contribution in [0.15, 0.2) is 54.7 Å². The number of carbonyl (C=O) groups is 1. The van der Waals surface area contributed by atoms with Gasteiger partial charge in [0, 0.05) is 17.5 Å². The molecule has 28 heavy (non-hydrogen) atoms. The van der Waals surface area contributed by atoms with Gasteiger partial charge in [-0.25, -0.2) is 13.5 Å². The highest BCUT2D eigenvalue weighted by atomic mass is 19.1. The van der Waals surface area contributed by atoms with Gasteiger partial charge in [-0.1, -0.05) is 0 Å². The van der Waals surface area contributed by atoms with E-state index in [1.807, 2.05) is 18.3 Å². The minimum atomic E-state index is -0.242. The number of nitrogens with zero attached hydrogens (tertiary/aromatic N) is 2. The van der Waals surface area contributed by atoms with E-state index in [4.69, 9.17) is 4.74 Å². The van der Waals surface area contributed by atoms with E-state index in [2.05, 4.69) is 9.13 Å². The molecule has 1 aliphatic heterocycles. The number of benzene rings is 2. The Hall–Kier alpha value is -2.95. The minimum Gasteiger partial charge on any atom is -0.497 e. The third-order valence-electron chi connectivity index (χ3n) is 5.36. The van der Waals surface area contributed by atoms with Gasteiger partial charge in [0.2, 0.25) is 5.78 Å². The number of carbonyl (C=O) groups excluding carboxylic acids is 1. The molecule has 3 aromatic rings. The highest BCUT2D eigenvalue weighted by Gasteiger charge is 2.27. The van der Waals surface area contributed by atoms with Crippen molar-refractivity contribution in [2.24, 2.45) is 0 Å². The van der Waals surface area contributed by atoms with Crippen LogP contribution in [0, 0.1) is 5.82 Å². The summed E-state index contributed by atoms with van der Waals surface area (Å²) in [5, 5.41) is 0. The van der Waals surface area contributed by atoms with Crippen molar-refractivity contribution in [3.05, 3.63) is 71.9 Å². The second-order valence-corrected chi connectivity index (χ2v) is 7.18. The van der Waals surface area contributed by atoms with Crippen LogP contribution in [0.5, 0.6) is 5.75 Å². The van der Waals surface area contributed by atoms with E-state index in [9.17, 15) is 9.18 Å². The summed E-state index contributed by atoms with van der Waals surface area (Å²) in [6.45, 7) is 1.22. The summed E-state index contributed by atoms with van der Waals surface area (Å²) in [7, 11) is 1.61. The van der Waals surface area contributed by atoms with Gasteiger partial charge >= 0.3 is 0 Å². The zero-order valence-corrected chi connectivity index (χ0v) is 16.0. The number of ether oxygens (including phenoxy) is 1. The lowest BCUT2D eigenvalue weighted by Crippen LogP contribution is -2.40. The molecule has 0 radical (unpaired) electrons. The van der Waals surface area contributed by atoms with Gasteiger partial charge in [0.1, 0.15) is 17.8 Å². The van der Waals surface area contributed by atoms with Crippen LogP contribution in [0.3, 0.4) is 0 Å². The highest BCUT2D eigenvalue weighted by molar-refractivity contribution is 5.95. The zero-order chi connectivity index (χ0) is 19.5. The van der Waals surface area contributed by atoms with Crippen molar-refractivity contribution in [2.75, 3.05) is 7.11 Å². The van der Waals surface area contributed by atoms with Crippen LogP contribution in [0.4, 0.5) is 4.39 Å². The quantitative estimate of drug-likeness (QED) is 0.492. The average Bonchev–Trinajstić information content (AvgIpc) is 2.90. The molecule has 1 aromatic heterocycles. The maximum atomic E-state index is 13.4. The predicted octanol–water partition coefficient (Wildman–Crippen LogP) is 4.20. The summed E-state index contributed by atoms with van der Waals surface area (Å²) in [4.78, 5) is 12.9. The number of hydrogen-bond acceptors (Lipinski definition) is 2. The summed E-state index contributed by atoms with van der Waals surface area (Å²) in [6.07, 6.45) is 6.38. The van der Waals surface area contributed by atoms with E-state index in [1.54, 1.807) is 31.4 Å². The molecule has 0 unspecified atom stereocenters. The van der Waals surface area contributed by atoms with Gasteiger partial charge in [0.15, 0.2) is 12.2 Å². The van der Waals surface area contributed by atoms with Crippen LogP contribution in [0.2, 0.25) is 0 Å². The highest BCUT2D eigenvalue weighted by Crippen LogP contribution is 2.24. The van der Waals surface area contributed by atoms with Crippen molar-refractivity contribution in [2.45, 2.75) is 38.8 Å². The Morgan fingerprint density at radius 1 is 1.07 bits per heavy atom. The molecule has 144 valence electrons. The molecular formula is C23H24FN2O2+. The van der Waals surface area contributed by atoms with Crippen molar-refractivity contribution >= 4 is 5.78 Å². The number of halogens is 1. The van der Waals surface area contributed by atoms with Gasteiger partial charge in [-0.3, -0.25) is 4.79 Å². The third-order valence-corrected chi connectivity index (χ3v) is 5.36. The summed E-state index contributed by atoms with van der Waals surface area (Å²) < 4.78 is 22.9. The first-order valence-corrected chi connectivity index (χ1v) is 9.71. The molecule has 0 bridgehead atoms. The van der Waals surface area contributed by atoms with Crippen LogP contribution in [-0.4, -0.2) is 17.5 Å². The van der Waals surface area contributed by atoms with E-state index < -0.39 is 0 Å². The molecule has 0 aliphatic carbocycles. The number of imidazole rings is 1. The first-order chi connectivity index (χ1) is 13.7. The minimum absolute atomic E-state index is 0.0657. The van der Waals surface area contributed by atoms with E-state index in [1.165, 1.54) is 24.4 Å². The number of methoxy groups -OCH3 is 1. The Morgan fingerprint density at radius 2 is 1.82 bits per heavy atom. The second kappa shape index (κ2) is 7.97. The van der Waals surface area contributed by atoms with E-state index in [0.717, 1.165) is 42.8 Å². The fraction of sp³-hybridized carbons (Fsp3) is 0.304.